The summed E-state index contributed by atoms with van der Waals surface area (Å²) in [5.41, 5.74) is 3.67. The standard InChI is InChI=1S/C55H89N4O15S4/c1-56(2,30-14-38-75(9,60)61)26-10-34-71-52-42-50(43-53(46-52)72-35-11-27-57(3,4)31-15-39-76(62,63)64)24-22-48-18-20-49(21-19-48)23-25-51-44-54(73-36-12-28-58(5,6)32-16-40-77(65,66)67)47-55(45-51)74-37-13-29-59(7,8)33-17-41-78(68,69)70/h18-25,42-47H,10-17,26-41H2,1-9H3/q+1/p+3/b24-22+,25-23+. The Morgan fingerprint density at radius 1 is 0.346 bits per heavy atom. The Labute approximate surface area is 468 Å². The van der Waals surface area contributed by atoms with Crippen molar-refractivity contribution in [2.45, 2.75) is 51.4 Å². The van der Waals surface area contributed by atoms with E-state index in [1.54, 1.807) is 0 Å². The van der Waals surface area contributed by atoms with Gasteiger partial charge in [0.25, 0.3) is 30.4 Å². The molecule has 23 heteroatoms. The summed E-state index contributed by atoms with van der Waals surface area (Å²) < 4.78 is 145. The zero-order valence-corrected chi connectivity index (χ0v) is 51.0. The highest BCUT2D eigenvalue weighted by Crippen LogP contribution is 2.27. The second kappa shape index (κ2) is 31.2. The van der Waals surface area contributed by atoms with E-state index in [-0.39, 0.29) is 23.0 Å². The van der Waals surface area contributed by atoms with Gasteiger partial charge in [0.15, 0.2) is 0 Å². The average molecular weight is 1180 g/mol. The molecule has 0 heterocycles. The van der Waals surface area contributed by atoms with Crippen molar-refractivity contribution in [2.24, 2.45) is 0 Å². The van der Waals surface area contributed by atoms with Crippen LogP contribution in [0.25, 0.3) is 24.3 Å². The third-order valence-electron chi connectivity index (χ3n) is 13.2. The van der Waals surface area contributed by atoms with Gasteiger partial charge in [-0.1, -0.05) is 48.6 Å². The second-order valence-electron chi connectivity index (χ2n) is 23.1. The van der Waals surface area contributed by atoms with Crippen LogP contribution >= 0.6 is 0 Å². The maximum atomic E-state index is 11.7. The first-order chi connectivity index (χ1) is 36.0. The monoisotopic (exact) mass is 1180 g/mol. The van der Waals surface area contributed by atoms with E-state index < -0.39 is 40.2 Å². The summed E-state index contributed by atoms with van der Waals surface area (Å²) in [5.74, 6) is 1.91. The largest absolute Gasteiger partial charge is 0.493 e. The number of benzene rings is 3. The van der Waals surface area contributed by atoms with Crippen LogP contribution in [0.5, 0.6) is 23.0 Å². The molecule has 0 bridgehead atoms. The van der Waals surface area contributed by atoms with Crippen LogP contribution in [0.15, 0.2) is 60.7 Å². The zero-order valence-electron chi connectivity index (χ0n) is 47.7. The van der Waals surface area contributed by atoms with E-state index in [0.717, 1.165) is 61.4 Å². The lowest BCUT2D eigenvalue weighted by atomic mass is 10.1. The molecule has 0 saturated heterocycles. The smallest absolute Gasteiger partial charge is 0.265 e. The minimum absolute atomic E-state index is 0.165. The highest BCUT2D eigenvalue weighted by atomic mass is 32.2. The van der Waals surface area contributed by atoms with E-state index in [0.29, 0.717) is 132 Å². The van der Waals surface area contributed by atoms with Crippen LogP contribution in [0.2, 0.25) is 0 Å². The molecule has 0 atom stereocenters. The second-order valence-corrected chi connectivity index (χ2v) is 30.0. The molecule has 0 amide bonds. The van der Waals surface area contributed by atoms with Gasteiger partial charge in [-0.05, 0) is 46.5 Å². The van der Waals surface area contributed by atoms with E-state index in [1.165, 1.54) is 6.26 Å². The van der Waals surface area contributed by atoms with Crippen molar-refractivity contribution >= 4 is 64.5 Å². The number of hydrogen-bond acceptors (Lipinski definition) is 12. The predicted octanol–water partition coefficient (Wildman–Crippen LogP) is 6.68. The van der Waals surface area contributed by atoms with Crippen molar-refractivity contribution in [3.8, 4) is 23.0 Å². The molecule has 78 heavy (non-hydrogen) atoms. The summed E-state index contributed by atoms with van der Waals surface area (Å²) >= 11 is 0. The third-order valence-corrected chi connectivity index (χ3v) is 16.6. The van der Waals surface area contributed by atoms with E-state index in [4.69, 9.17) is 32.6 Å². The molecule has 0 aliphatic heterocycles. The molecule has 0 fully saturated rings. The van der Waals surface area contributed by atoms with E-state index >= 15 is 0 Å². The van der Waals surface area contributed by atoms with Crippen LogP contribution < -0.4 is 18.9 Å². The molecule has 442 valence electrons. The van der Waals surface area contributed by atoms with Crippen LogP contribution in [-0.2, 0) is 40.2 Å². The minimum Gasteiger partial charge on any atom is -0.493 e. The van der Waals surface area contributed by atoms with E-state index in [2.05, 4.69) is 14.1 Å². The number of ether oxygens (including phenoxy) is 4. The van der Waals surface area contributed by atoms with Crippen molar-refractivity contribution in [3.05, 3.63) is 82.9 Å². The molecule has 19 nitrogen and oxygen atoms in total. The van der Waals surface area contributed by atoms with Crippen molar-refractivity contribution in [3.63, 3.8) is 0 Å². The van der Waals surface area contributed by atoms with Crippen LogP contribution in [-0.4, -0.2) is 230 Å². The Morgan fingerprint density at radius 3 is 0.795 bits per heavy atom. The summed E-state index contributed by atoms with van der Waals surface area (Å²) in [5, 5.41) is 0. The number of sulfone groups is 1. The van der Waals surface area contributed by atoms with Gasteiger partial charge in [0.1, 0.15) is 32.8 Å². The molecule has 0 spiro atoms. The summed E-state index contributed by atoms with van der Waals surface area (Å²) in [7, 11) is 1.21. The normalized spacial score (nSPS) is 13.4. The van der Waals surface area contributed by atoms with E-state index in [9.17, 15) is 33.7 Å². The number of hydrogen-bond donors (Lipinski definition) is 3. The van der Waals surface area contributed by atoms with Gasteiger partial charge < -0.3 is 36.9 Å². The predicted molar refractivity (Wildman–Crippen MR) is 312 cm³/mol. The molecule has 3 N–H and O–H groups in total. The molecule has 0 saturated carbocycles. The summed E-state index contributed by atoms with van der Waals surface area (Å²) in [6.07, 6.45) is 13.8. The number of nitrogens with zero attached hydrogens (tertiary/aromatic N) is 4. The van der Waals surface area contributed by atoms with Crippen LogP contribution in [0, 0.1) is 0 Å². The molecular weight excluding hydrogens is 1080 g/mol. The fourth-order valence-electron chi connectivity index (χ4n) is 8.77. The van der Waals surface area contributed by atoms with Gasteiger partial charge >= 0.3 is 0 Å². The van der Waals surface area contributed by atoms with Crippen LogP contribution in [0.1, 0.15) is 73.6 Å². The SMILES string of the molecule is C[N+](C)(CCCOc1cc(/C=C/c2ccc(/C=C/c3cc(OCCC[N+](C)(C)CCCS(=O)(=O)O)cc(OCCC[N+](C)(C)CCCS(=O)(=O)O)c3)cc2)cc(OCCC[N+](C)(C)CCCS(=O)(=O)O)c1)CCCS(C)(=O)=O. The quantitative estimate of drug-likeness (QED) is 0.0233. The van der Waals surface area contributed by atoms with Gasteiger partial charge in [0.05, 0.1) is 158 Å². The van der Waals surface area contributed by atoms with Crippen molar-refractivity contribution < 1.29 is 84.2 Å². The first-order valence-corrected chi connectivity index (χ1v) is 33.5. The first-order valence-electron chi connectivity index (χ1n) is 26.6. The highest BCUT2D eigenvalue weighted by Gasteiger charge is 2.21. The number of quaternary nitrogens is 4. The molecule has 0 aliphatic carbocycles. The Hall–Kier alpha value is -4.14. The highest BCUT2D eigenvalue weighted by molar-refractivity contribution is 7.90. The van der Waals surface area contributed by atoms with Crippen LogP contribution in [0.3, 0.4) is 0 Å². The van der Waals surface area contributed by atoms with Crippen molar-refractivity contribution in [2.75, 3.05) is 164 Å². The van der Waals surface area contributed by atoms with E-state index in [1.807, 2.05) is 127 Å². The molecule has 3 aromatic carbocycles. The molecule has 3 aromatic rings. The van der Waals surface area contributed by atoms with Gasteiger partial charge in [-0.3, -0.25) is 13.7 Å². The Kier molecular flexibility index (Phi) is 27.2. The Morgan fingerprint density at radius 2 is 0.564 bits per heavy atom. The maximum absolute atomic E-state index is 11.7. The van der Waals surface area contributed by atoms with Gasteiger partial charge in [0, 0.05) is 69.8 Å². The summed E-state index contributed by atoms with van der Waals surface area (Å²) in [6, 6.07) is 19.6. The topological polar surface area (TPSA) is 234 Å². The summed E-state index contributed by atoms with van der Waals surface area (Å²) in [4.78, 5) is 0. The Balaban J connectivity index is 1.75. The lowest BCUT2D eigenvalue weighted by Gasteiger charge is -2.29. The maximum Gasteiger partial charge on any atom is 0.265 e. The first kappa shape index (κ1) is 68.1. The molecule has 3 rings (SSSR count). The average Bonchev–Trinajstić information content (AvgIpc) is 3.29. The zero-order chi connectivity index (χ0) is 58.3. The minimum atomic E-state index is -4.01. The lowest BCUT2D eigenvalue weighted by molar-refractivity contribution is -0.890. The molecule has 0 aliphatic rings. The Bertz CT molecular complexity index is 2490. The summed E-state index contributed by atoms with van der Waals surface area (Å²) in [6.45, 7) is 7.26. The van der Waals surface area contributed by atoms with Gasteiger partial charge in [0.2, 0.25) is 0 Å². The molecule has 0 unspecified atom stereocenters. The molecule has 0 aromatic heterocycles. The van der Waals surface area contributed by atoms with Gasteiger partial charge in [-0.15, -0.1) is 0 Å². The fraction of sp³-hybridized carbons (Fsp3) is 0.600. The molecular formula is C55H92N4O15S4+4. The fourth-order valence-corrected chi connectivity index (χ4v) is 10.9. The van der Waals surface area contributed by atoms with Gasteiger partial charge in [-0.25, -0.2) is 8.42 Å². The van der Waals surface area contributed by atoms with Gasteiger partial charge in [-0.2, -0.15) is 25.3 Å². The number of rotatable bonds is 40. The van der Waals surface area contributed by atoms with Crippen molar-refractivity contribution in [1.29, 1.82) is 0 Å². The van der Waals surface area contributed by atoms with Crippen LogP contribution in [0.4, 0.5) is 0 Å². The van der Waals surface area contributed by atoms with Crippen molar-refractivity contribution in [1.82, 2.24) is 0 Å². The molecule has 0 radical (unpaired) electrons. The lowest BCUT2D eigenvalue weighted by Crippen LogP contribution is -2.42. The third kappa shape index (κ3) is 33.4.